The molecule has 3 N–H and O–H groups in total. The van der Waals surface area contributed by atoms with Gasteiger partial charge in [-0.15, -0.1) is 0 Å². The molecule has 0 radical (unpaired) electrons. The summed E-state index contributed by atoms with van der Waals surface area (Å²) in [6.45, 7) is 0. The van der Waals surface area contributed by atoms with Crippen molar-refractivity contribution in [2.45, 2.75) is 56.1 Å². The largest absolute Gasteiger partial charge is 0.446 e. The van der Waals surface area contributed by atoms with Gasteiger partial charge in [0.25, 0.3) is 5.56 Å². The minimum absolute atomic E-state index is 0.0531. The first-order valence-corrected chi connectivity index (χ1v) is 9.83. The lowest BCUT2D eigenvalue weighted by Gasteiger charge is -2.61. The lowest BCUT2D eigenvalue weighted by Crippen LogP contribution is -2.68. The second-order valence-corrected chi connectivity index (χ2v) is 8.43. The number of H-pyrrole nitrogens is 1. The number of anilines is 2. The van der Waals surface area contributed by atoms with Crippen LogP contribution in [0.15, 0.2) is 23.0 Å². The Morgan fingerprint density at radius 3 is 2.86 bits per heavy atom. The Bertz CT molecular complexity index is 950. The minimum atomic E-state index is -0.269. The SMILES string of the molecule is Cn1nc(Nc2cc([C@H]3CC[C@@H](OC(=O)NC45CC(C4)C5)C3)n[nH]2)ccc1=O. The summed E-state index contributed by atoms with van der Waals surface area (Å²) in [5, 5.41) is 17.7. The van der Waals surface area contributed by atoms with E-state index in [0.29, 0.717) is 11.6 Å². The first-order valence-electron chi connectivity index (χ1n) is 9.83. The number of hydrogen-bond acceptors (Lipinski definition) is 6. The predicted octanol–water partition coefficient (Wildman–Crippen LogP) is 2.16. The molecule has 9 nitrogen and oxygen atoms in total. The van der Waals surface area contributed by atoms with Crippen LogP contribution in [0.25, 0.3) is 0 Å². The number of aromatic amines is 1. The second-order valence-electron chi connectivity index (χ2n) is 8.43. The summed E-state index contributed by atoms with van der Waals surface area (Å²) in [5.41, 5.74) is 0.835. The number of carbonyl (C=O) groups excluding carboxylic acids is 1. The highest BCUT2D eigenvalue weighted by Crippen LogP contribution is 2.57. The summed E-state index contributed by atoms with van der Waals surface area (Å²) in [6.07, 6.45) is 5.59. The van der Waals surface area contributed by atoms with Gasteiger partial charge in [-0.3, -0.25) is 9.89 Å². The molecule has 2 atom stereocenters. The molecule has 4 aliphatic carbocycles. The molecule has 6 rings (SSSR count). The number of rotatable bonds is 5. The van der Waals surface area contributed by atoms with Crippen LogP contribution in [0.2, 0.25) is 0 Å². The van der Waals surface area contributed by atoms with Crippen LogP contribution >= 0.6 is 0 Å². The number of nitrogens with zero attached hydrogens (tertiary/aromatic N) is 3. The topological polar surface area (TPSA) is 114 Å². The van der Waals surface area contributed by atoms with Gasteiger partial charge in [-0.25, -0.2) is 9.48 Å². The Morgan fingerprint density at radius 2 is 2.14 bits per heavy atom. The number of ether oxygens (including phenoxy) is 1. The van der Waals surface area contributed by atoms with Crippen molar-refractivity contribution in [3.8, 4) is 0 Å². The van der Waals surface area contributed by atoms with E-state index in [9.17, 15) is 9.59 Å². The standard InChI is InChI=1S/C19H24N6O3/c1-25-17(26)5-4-15(24-25)20-16-7-14(22-23-16)12-2-3-13(6-12)28-18(27)21-19-8-11(9-19)10-19/h4-5,7,11-13H,2-3,6,8-10H2,1H3,(H,21,27)(H2,20,22,23,24)/t11?,12-,13+,19?/m0/s1. The molecule has 4 fully saturated rings. The van der Waals surface area contributed by atoms with Crippen LogP contribution in [-0.4, -0.2) is 37.7 Å². The molecule has 2 aromatic rings. The van der Waals surface area contributed by atoms with Gasteiger partial charge in [-0.1, -0.05) is 0 Å². The van der Waals surface area contributed by atoms with Crippen LogP contribution in [-0.2, 0) is 11.8 Å². The summed E-state index contributed by atoms with van der Waals surface area (Å²) < 4.78 is 6.91. The average Bonchev–Trinajstić information content (AvgIpc) is 3.23. The maximum absolute atomic E-state index is 12.1. The van der Waals surface area contributed by atoms with Crippen molar-refractivity contribution in [2.24, 2.45) is 13.0 Å². The van der Waals surface area contributed by atoms with Crippen molar-refractivity contribution in [1.82, 2.24) is 25.3 Å². The lowest BCUT2D eigenvalue weighted by atomic mass is 9.50. The molecular formula is C19H24N6O3. The molecule has 0 saturated heterocycles. The van der Waals surface area contributed by atoms with Gasteiger partial charge in [-0.05, 0) is 50.5 Å². The molecule has 2 bridgehead atoms. The number of alkyl carbamates (subject to hydrolysis) is 1. The van der Waals surface area contributed by atoms with Gasteiger partial charge in [-0.2, -0.15) is 10.2 Å². The van der Waals surface area contributed by atoms with E-state index < -0.39 is 0 Å². The van der Waals surface area contributed by atoms with Crippen LogP contribution < -0.4 is 16.2 Å². The van der Waals surface area contributed by atoms with Gasteiger partial charge >= 0.3 is 6.09 Å². The van der Waals surface area contributed by atoms with Gasteiger partial charge < -0.3 is 15.4 Å². The lowest BCUT2D eigenvalue weighted by molar-refractivity contribution is -0.0506. The zero-order valence-electron chi connectivity index (χ0n) is 15.8. The molecule has 0 spiro atoms. The van der Waals surface area contributed by atoms with Crippen molar-refractivity contribution >= 4 is 17.7 Å². The fourth-order valence-electron chi connectivity index (χ4n) is 4.66. The van der Waals surface area contributed by atoms with Gasteiger partial charge in [0.15, 0.2) is 5.82 Å². The smallest absolute Gasteiger partial charge is 0.407 e. The van der Waals surface area contributed by atoms with E-state index in [1.54, 1.807) is 13.1 Å². The minimum Gasteiger partial charge on any atom is -0.446 e. The number of carbonyl (C=O) groups is 1. The maximum atomic E-state index is 12.1. The molecule has 0 aliphatic heterocycles. The second kappa shape index (κ2) is 6.35. The van der Waals surface area contributed by atoms with Crippen molar-refractivity contribution in [2.75, 3.05) is 5.32 Å². The highest BCUT2D eigenvalue weighted by molar-refractivity contribution is 5.69. The highest BCUT2D eigenvalue weighted by atomic mass is 16.6. The zero-order chi connectivity index (χ0) is 19.3. The Hall–Kier alpha value is -2.84. The summed E-state index contributed by atoms with van der Waals surface area (Å²) in [4.78, 5) is 23.6. The Labute approximate surface area is 161 Å². The summed E-state index contributed by atoms with van der Waals surface area (Å²) in [7, 11) is 1.61. The third-order valence-corrected chi connectivity index (χ3v) is 6.30. The molecule has 148 valence electrons. The first-order chi connectivity index (χ1) is 13.5. The Kier molecular flexibility index (Phi) is 3.92. The average molecular weight is 384 g/mol. The van der Waals surface area contributed by atoms with Crippen LogP contribution in [0.5, 0.6) is 0 Å². The Balaban J connectivity index is 1.15. The van der Waals surface area contributed by atoms with Gasteiger partial charge in [0, 0.05) is 30.6 Å². The van der Waals surface area contributed by atoms with Crippen molar-refractivity contribution < 1.29 is 9.53 Å². The maximum Gasteiger partial charge on any atom is 0.407 e. The molecule has 4 aliphatic rings. The quantitative estimate of drug-likeness (QED) is 0.728. The molecule has 0 aromatic carbocycles. The fraction of sp³-hybridized carbons (Fsp3) is 0.579. The summed E-state index contributed by atoms with van der Waals surface area (Å²) in [5.74, 6) is 2.37. The van der Waals surface area contributed by atoms with Crippen LogP contribution in [0.1, 0.15) is 50.1 Å². The van der Waals surface area contributed by atoms with Gasteiger partial charge in [0.1, 0.15) is 11.9 Å². The number of amides is 1. The van der Waals surface area contributed by atoms with Crippen molar-refractivity contribution in [3.05, 3.63) is 34.2 Å². The van der Waals surface area contributed by atoms with E-state index in [2.05, 4.69) is 25.9 Å². The number of hydrogen-bond donors (Lipinski definition) is 3. The molecule has 2 heterocycles. The monoisotopic (exact) mass is 384 g/mol. The molecule has 28 heavy (non-hydrogen) atoms. The zero-order valence-corrected chi connectivity index (χ0v) is 15.8. The third kappa shape index (κ3) is 3.14. The van der Waals surface area contributed by atoms with Crippen molar-refractivity contribution in [1.29, 1.82) is 0 Å². The number of nitrogens with one attached hydrogen (secondary N) is 3. The van der Waals surface area contributed by atoms with Crippen LogP contribution in [0.3, 0.4) is 0 Å². The van der Waals surface area contributed by atoms with E-state index in [0.717, 1.165) is 50.1 Å². The molecule has 9 heteroatoms. The molecule has 4 saturated carbocycles. The molecular weight excluding hydrogens is 360 g/mol. The van der Waals surface area contributed by atoms with Crippen molar-refractivity contribution in [3.63, 3.8) is 0 Å². The van der Waals surface area contributed by atoms with Gasteiger partial charge in [0.05, 0.1) is 5.69 Å². The van der Waals surface area contributed by atoms with E-state index >= 15 is 0 Å². The van der Waals surface area contributed by atoms with E-state index in [4.69, 9.17) is 4.74 Å². The first kappa shape index (κ1) is 17.3. The third-order valence-electron chi connectivity index (χ3n) is 6.30. The highest BCUT2D eigenvalue weighted by Gasteiger charge is 2.57. The van der Waals surface area contributed by atoms with Crippen LogP contribution in [0.4, 0.5) is 16.4 Å². The Morgan fingerprint density at radius 1 is 1.32 bits per heavy atom. The van der Waals surface area contributed by atoms with Gasteiger partial charge in [0.2, 0.25) is 0 Å². The molecule has 0 unspecified atom stereocenters. The molecule has 1 amide bonds. The van der Waals surface area contributed by atoms with E-state index in [1.807, 2.05) is 6.07 Å². The molecule has 2 aromatic heterocycles. The fourth-order valence-corrected chi connectivity index (χ4v) is 4.66. The summed E-state index contributed by atoms with van der Waals surface area (Å²) in [6, 6.07) is 5.04. The van der Waals surface area contributed by atoms with E-state index in [-0.39, 0.29) is 29.2 Å². The van der Waals surface area contributed by atoms with E-state index in [1.165, 1.54) is 10.7 Å². The number of aromatic nitrogens is 4. The summed E-state index contributed by atoms with van der Waals surface area (Å²) >= 11 is 0. The number of aryl methyl sites for hydroxylation is 1. The normalized spacial score (nSPS) is 30.2. The predicted molar refractivity (Wildman–Crippen MR) is 101 cm³/mol. The van der Waals surface area contributed by atoms with Crippen LogP contribution in [0, 0.1) is 5.92 Å².